The number of rotatable bonds is 5. The molecule has 188 valence electrons. The molecule has 4 heteroatoms. The van der Waals surface area contributed by atoms with Gasteiger partial charge in [-0.2, -0.15) is 5.26 Å². The first-order valence-corrected chi connectivity index (χ1v) is 14.4. The van der Waals surface area contributed by atoms with Crippen molar-refractivity contribution in [3.63, 3.8) is 0 Å². The maximum Gasteiger partial charge on any atom is 0.251 e. The number of amides is 1. The average molecular weight is 475 g/mol. The molecule has 5 aliphatic carbocycles. The van der Waals surface area contributed by atoms with Crippen LogP contribution in [-0.4, -0.2) is 25.7 Å². The van der Waals surface area contributed by atoms with Crippen molar-refractivity contribution in [3.8, 4) is 6.07 Å². The smallest absolute Gasteiger partial charge is 0.251 e. The van der Waals surface area contributed by atoms with Gasteiger partial charge in [-0.1, -0.05) is 13.3 Å². The zero-order valence-electron chi connectivity index (χ0n) is 21.5. The van der Waals surface area contributed by atoms with Gasteiger partial charge >= 0.3 is 0 Å². The van der Waals surface area contributed by atoms with Crippen molar-refractivity contribution in [2.75, 3.05) is 13.7 Å². The molecular formula is C31H42N2O2. The van der Waals surface area contributed by atoms with E-state index in [0.717, 1.165) is 48.0 Å². The SMILES string of the molecule is CC[C@]12CCC3[C@@H](CCC4C5C(OC)[C@H]5CC[C@@H]43)C1CCC[C@@H]2CNC(=O)c1ccc(C#N)cc1. The highest BCUT2D eigenvalue weighted by Gasteiger charge is 2.63. The number of carbonyl (C=O) groups is 1. The fourth-order valence-corrected chi connectivity index (χ4v) is 10.3. The molecule has 0 spiro atoms. The molecule has 4 nitrogen and oxygen atoms in total. The fraction of sp³-hybridized carbons (Fsp3) is 0.742. The minimum atomic E-state index is 0.00551. The zero-order chi connectivity index (χ0) is 24.2. The molecule has 10 atom stereocenters. The highest BCUT2D eigenvalue weighted by molar-refractivity contribution is 5.94. The van der Waals surface area contributed by atoms with Gasteiger partial charge in [0.25, 0.3) is 5.91 Å². The van der Waals surface area contributed by atoms with Crippen molar-refractivity contribution in [3.05, 3.63) is 35.4 Å². The number of hydrogen-bond donors (Lipinski definition) is 1. The van der Waals surface area contributed by atoms with E-state index in [4.69, 9.17) is 10.00 Å². The van der Waals surface area contributed by atoms with Crippen molar-refractivity contribution in [2.45, 2.75) is 77.2 Å². The third-order valence-electron chi connectivity index (χ3n) is 11.8. The van der Waals surface area contributed by atoms with E-state index in [9.17, 15) is 4.79 Å². The number of hydrogen-bond acceptors (Lipinski definition) is 3. The lowest BCUT2D eigenvalue weighted by atomic mass is 9.44. The second-order valence-corrected chi connectivity index (χ2v) is 12.5. The number of nitrogens with zero attached hydrogens (tertiary/aromatic N) is 1. The molecule has 1 aromatic rings. The Bertz CT molecular complexity index is 979. The van der Waals surface area contributed by atoms with Crippen LogP contribution in [0, 0.1) is 64.1 Å². The molecular weight excluding hydrogens is 432 g/mol. The van der Waals surface area contributed by atoms with Crippen molar-refractivity contribution >= 4 is 5.91 Å². The summed E-state index contributed by atoms with van der Waals surface area (Å²) in [5, 5.41) is 12.3. The molecule has 1 N–H and O–H groups in total. The molecule has 5 aliphatic rings. The summed E-state index contributed by atoms with van der Waals surface area (Å²) >= 11 is 0. The standard InChI is InChI=1S/C31H42N2O2/c1-3-31-16-15-23-22-11-14-26-28(29(26)35-2)25(22)13-12-24(23)27(31)6-4-5-21(31)18-33-30(34)20-9-7-19(17-32)8-10-20/h7-10,21-29H,3-6,11-16,18H2,1-2H3,(H,33,34)/t21-,22-,23?,24-,25?,26+,27?,28?,29?,31-/m1/s1. The van der Waals surface area contributed by atoms with Crippen LogP contribution in [0.25, 0.3) is 0 Å². The molecule has 0 radical (unpaired) electrons. The molecule has 6 rings (SSSR count). The minimum Gasteiger partial charge on any atom is -0.381 e. The lowest BCUT2D eigenvalue weighted by Gasteiger charge is -2.61. The van der Waals surface area contributed by atoms with E-state index in [1.54, 1.807) is 24.3 Å². The Kier molecular flexibility index (Phi) is 6.20. The van der Waals surface area contributed by atoms with Crippen LogP contribution in [0.2, 0.25) is 0 Å². The van der Waals surface area contributed by atoms with Gasteiger partial charge in [0, 0.05) is 19.2 Å². The number of benzene rings is 1. The quantitative estimate of drug-likeness (QED) is 0.552. The number of methoxy groups -OCH3 is 1. The van der Waals surface area contributed by atoms with E-state index in [0.29, 0.717) is 28.6 Å². The van der Waals surface area contributed by atoms with Crippen LogP contribution >= 0.6 is 0 Å². The molecule has 5 unspecified atom stereocenters. The molecule has 0 aliphatic heterocycles. The Morgan fingerprint density at radius 3 is 2.46 bits per heavy atom. The Hall–Kier alpha value is -1.86. The minimum absolute atomic E-state index is 0.00551. The molecule has 1 aromatic carbocycles. The number of nitriles is 1. The van der Waals surface area contributed by atoms with E-state index in [2.05, 4.69) is 18.3 Å². The lowest BCUT2D eigenvalue weighted by molar-refractivity contribution is -0.118. The first-order chi connectivity index (χ1) is 17.1. The summed E-state index contributed by atoms with van der Waals surface area (Å²) in [7, 11) is 1.93. The molecule has 0 aromatic heterocycles. The largest absolute Gasteiger partial charge is 0.381 e. The van der Waals surface area contributed by atoms with Crippen molar-refractivity contribution in [1.29, 1.82) is 5.26 Å². The maximum atomic E-state index is 12.9. The van der Waals surface area contributed by atoms with Gasteiger partial charge in [-0.15, -0.1) is 0 Å². The van der Waals surface area contributed by atoms with Crippen molar-refractivity contribution in [1.82, 2.24) is 5.32 Å². The maximum absolute atomic E-state index is 12.9. The first-order valence-electron chi connectivity index (χ1n) is 14.4. The van der Waals surface area contributed by atoms with Crippen LogP contribution in [0.3, 0.4) is 0 Å². The first kappa shape index (κ1) is 23.5. The number of fused-ring (bicyclic) bond motifs is 7. The van der Waals surface area contributed by atoms with Gasteiger partial charge in [0.2, 0.25) is 0 Å². The highest BCUT2D eigenvalue weighted by Crippen LogP contribution is 2.68. The zero-order valence-corrected chi connectivity index (χ0v) is 21.5. The predicted octanol–water partition coefficient (Wildman–Crippen LogP) is 6.21. The summed E-state index contributed by atoms with van der Waals surface area (Å²) < 4.78 is 5.87. The second-order valence-electron chi connectivity index (χ2n) is 12.5. The Morgan fingerprint density at radius 2 is 1.71 bits per heavy atom. The topological polar surface area (TPSA) is 62.1 Å². The molecule has 5 fully saturated rings. The Labute approximate surface area is 211 Å². The van der Waals surface area contributed by atoms with E-state index < -0.39 is 0 Å². The molecule has 5 saturated carbocycles. The van der Waals surface area contributed by atoms with E-state index >= 15 is 0 Å². The Balaban J connectivity index is 1.15. The van der Waals surface area contributed by atoms with Crippen LogP contribution in [-0.2, 0) is 4.74 Å². The van der Waals surface area contributed by atoms with E-state index in [1.807, 2.05) is 7.11 Å². The van der Waals surface area contributed by atoms with Gasteiger partial charge in [0.1, 0.15) is 0 Å². The van der Waals surface area contributed by atoms with Gasteiger partial charge < -0.3 is 10.1 Å². The van der Waals surface area contributed by atoms with Crippen LogP contribution in [0.1, 0.15) is 87.1 Å². The molecule has 0 saturated heterocycles. The second kappa shape index (κ2) is 9.22. The fourth-order valence-electron chi connectivity index (χ4n) is 10.3. The molecule has 0 bridgehead atoms. The van der Waals surface area contributed by atoms with Crippen LogP contribution in [0.5, 0.6) is 0 Å². The number of ether oxygens (including phenoxy) is 1. The number of nitrogens with one attached hydrogen (secondary N) is 1. The highest BCUT2D eigenvalue weighted by atomic mass is 16.5. The van der Waals surface area contributed by atoms with Crippen molar-refractivity contribution in [2.24, 2.45) is 52.8 Å². The summed E-state index contributed by atoms with van der Waals surface area (Å²) in [6.07, 6.45) is 14.3. The molecule has 35 heavy (non-hydrogen) atoms. The van der Waals surface area contributed by atoms with Gasteiger partial charge in [-0.05, 0) is 135 Å². The van der Waals surface area contributed by atoms with Gasteiger partial charge in [-0.3, -0.25) is 4.79 Å². The summed E-state index contributed by atoms with van der Waals surface area (Å²) in [5.74, 6) is 6.89. The van der Waals surface area contributed by atoms with Crippen LogP contribution < -0.4 is 5.32 Å². The van der Waals surface area contributed by atoms with Crippen molar-refractivity contribution < 1.29 is 9.53 Å². The van der Waals surface area contributed by atoms with Gasteiger partial charge in [-0.25, -0.2) is 0 Å². The molecule has 0 heterocycles. The van der Waals surface area contributed by atoms with Gasteiger partial charge in [0.05, 0.1) is 17.7 Å². The predicted molar refractivity (Wildman–Crippen MR) is 136 cm³/mol. The normalized spacial score (nSPS) is 43.5. The van der Waals surface area contributed by atoms with Crippen LogP contribution in [0.15, 0.2) is 24.3 Å². The van der Waals surface area contributed by atoms with E-state index in [-0.39, 0.29) is 5.91 Å². The Morgan fingerprint density at radius 1 is 1.00 bits per heavy atom. The van der Waals surface area contributed by atoms with Gasteiger partial charge in [0.15, 0.2) is 0 Å². The molecule has 1 amide bonds. The summed E-state index contributed by atoms with van der Waals surface area (Å²) in [5.41, 5.74) is 1.66. The summed E-state index contributed by atoms with van der Waals surface area (Å²) in [6, 6.07) is 9.16. The number of carbonyl (C=O) groups excluding carboxylic acids is 1. The monoisotopic (exact) mass is 474 g/mol. The lowest BCUT2D eigenvalue weighted by Crippen LogP contribution is -2.55. The average Bonchev–Trinajstić information content (AvgIpc) is 3.65. The summed E-state index contributed by atoms with van der Waals surface area (Å²) in [6.45, 7) is 3.23. The van der Waals surface area contributed by atoms with E-state index in [1.165, 1.54) is 64.2 Å². The third-order valence-corrected chi connectivity index (χ3v) is 11.8. The van der Waals surface area contributed by atoms with Crippen LogP contribution in [0.4, 0.5) is 0 Å². The third kappa shape index (κ3) is 3.76. The summed E-state index contributed by atoms with van der Waals surface area (Å²) in [4.78, 5) is 12.9.